The number of nitrogens with one attached hydrogen (secondary N) is 3. The van der Waals surface area contributed by atoms with Gasteiger partial charge in [0.05, 0.1) is 23.5 Å². The number of hydrogen-bond donors (Lipinski definition) is 3. The summed E-state index contributed by atoms with van der Waals surface area (Å²) in [6, 6.07) is 10.6. The molecule has 3 amide bonds. The molecule has 27 heavy (non-hydrogen) atoms. The Morgan fingerprint density at radius 3 is 2.59 bits per heavy atom. The van der Waals surface area contributed by atoms with Gasteiger partial charge in [0.15, 0.2) is 0 Å². The first-order valence-electron chi connectivity index (χ1n) is 8.19. The Kier molecular flexibility index (Phi) is 5.20. The molecular weight excluding hydrogens is 361 g/mol. The summed E-state index contributed by atoms with van der Waals surface area (Å²) in [4.78, 5) is 25.6. The number of alkyl halides is 3. The number of nitrogens with zero attached hydrogens (tertiary/aromatic N) is 1. The normalized spacial score (nSPS) is 14.5. The van der Waals surface area contributed by atoms with Gasteiger partial charge in [-0.1, -0.05) is 18.2 Å². The molecule has 0 unspecified atom stereocenters. The Morgan fingerprint density at radius 1 is 1.07 bits per heavy atom. The quantitative estimate of drug-likeness (QED) is 0.767. The van der Waals surface area contributed by atoms with Crippen molar-refractivity contribution < 1.29 is 22.8 Å². The molecule has 1 heterocycles. The van der Waals surface area contributed by atoms with E-state index in [-0.39, 0.29) is 18.1 Å². The number of rotatable bonds is 3. The Hall–Kier alpha value is -3.23. The molecule has 1 aliphatic heterocycles. The van der Waals surface area contributed by atoms with Crippen molar-refractivity contribution in [1.82, 2.24) is 5.32 Å². The minimum absolute atomic E-state index is 0.0251. The predicted molar refractivity (Wildman–Crippen MR) is 95.8 cm³/mol. The fourth-order valence-corrected chi connectivity index (χ4v) is 2.76. The van der Waals surface area contributed by atoms with E-state index in [1.807, 2.05) is 4.90 Å². The highest BCUT2D eigenvalue weighted by Crippen LogP contribution is 2.31. The zero-order valence-corrected chi connectivity index (χ0v) is 14.1. The number of hydrogen-bond acceptors (Lipinski definition) is 3. The molecule has 1 saturated heterocycles. The third-order valence-electron chi connectivity index (χ3n) is 3.98. The lowest BCUT2D eigenvalue weighted by molar-refractivity contribution is -0.137. The van der Waals surface area contributed by atoms with Crippen molar-refractivity contribution in [2.75, 3.05) is 35.2 Å². The summed E-state index contributed by atoms with van der Waals surface area (Å²) in [5.74, 6) is -0.121. The standard InChI is InChI=1S/C18H17F3N4O2/c19-18(20,21)12-4-3-5-13(10-12)23-17(27)24-14-6-1-2-7-15(14)25-9-8-22-16(26)11-25/h1-7,10H,8-9,11H2,(H,22,26)(H2,23,24,27). The average Bonchev–Trinajstić information content (AvgIpc) is 2.61. The summed E-state index contributed by atoms with van der Waals surface area (Å²) < 4.78 is 38.3. The maximum Gasteiger partial charge on any atom is 0.416 e. The van der Waals surface area contributed by atoms with E-state index in [4.69, 9.17) is 0 Å². The molecule has 9 heteroatoms. The summed E-state index contributed by atoms with van der Waals surface area (Å²) in [7, 11) is 0. The summed E-state index contributed by atoms with van der Waals surface area (Å²) >= 11 is 0. The van der Waals surface area contributed by atoms with E-state index in [9.17, 15) is 22.8 Å². The largest absolute Gasteiger partial charge is 0.416 e. The van der Waals surface area contributed by atoms with Crippen LogP contribution in [0, 0.1) is 0 Å². The number of urea groups is 1. The van der Waals surface area contributed by atoms with E-state index < -0.39 is 17.8 Å². The highest BCUT2D eigenvalue weighted by molar-refractivity contribution is 6.02. The van der Waals surface area contributed by atoms with Gasteiger partial charge in [0, 0.05) is 18.8 Å². The smallest absolute Gasteiger partial charge is 0.359 e. The van der Waals surface area contributed by atoms with E-state index in [0.29, 0.717) is 24.5 Å². The molecule has 0 bridgehead atoms. The van der Waals surface area contributed by atoms with Gasteiger partial charge in [-0.25, -0.2) is 4.79 Å². The highest BCUT2D eigenvalue weighted by atomic mass is 19.4. The molecule has 0 aliphatic carbocycles. The SMILES string of the molecule is O=C1CN(c2ccccc2NC(=O)Nc2cccc(C(F)(F)F)c2)CCN1. The fraction of sp³-hybridized carbons (Fsp3) is 0.222. The van der Waals surface area contributed by atoms with Crippen molar-refractivity contribution in [3.63, 3.8) is 0 Å². The molecule has 3 rings (SSSR count). The highest BCUT2D eigenvalue weighted by Gasteiger charge is 2.30. The van der Waals surface area contributed by atoms with Crippen LogP contribution in [-0.4, -0.2) is 31.6 Å². The van der Waals surface area contributed by atoms with E-state index in [2.05, 4.69) is 16.0 Å². The van der Waals surface area contributed by atoms with Gasteiger partial charge in [0.2, 0.25) is 5.91 Å². The molecular formula is C18H17F3N4O2. The van der Waals surface area contributed by atoms with Crippen LogP contribution in [0.15, 0.2) is 48.5 Å². The zero-order valence-electron chi connectivity index (χ0n) is 14.1. The van der Waals surface area contributed by atoms with Crippen molar-refractivity contribution in [3.05, 3.63) is 54.1 Å². The molecule has 0 radical (unpaired) electrons. The molecule has 142 valence electrons. The van der Waals surface area contributed by atoms with Crippen molar-refractivity contribution in [1.29, 1.82) is 0 Å². The van der Waals surface area contributed by atoms with Gasteiger partial charge >= 0.3 is 12.2 Å². The molecule has 2 aromatic rings. The Balaban J connectivity index is 1.73. The van der Waals surface area contributed by atoms with Gasteiger partial charge in [-0.3, -0.25) is 4.79 Å². The lowest BCUT2D eigenvalue weighted by atomic mass is 10.2. The van der Waals surface area contributed by atoms with Crippen LogP contribution in [0.25, 0.3) is 0 Å². The maximum absolute atomic E-state index is 12.8. The fourth-order valence-electron chi connectivity index (χ4n) is 2.76. The molecule has 3 N–H and O–H groups in total. The number of anilines is 3. The summed E-state index contributed by atoms with van der Waals surface area (Å²) in [5, 5.41) is 7.74. The second-order valence-corrected chi connectivity index (χ2v) is 5.95. The number of benzene rings is 2. The maximum atomic E-state index is 12.8. The van der Waals surface area contributed by atoms with Crippen LogP contribution in [-0.2, 0) is 11.0 Å². The third-order valence-corrected chi connectivity index (χ3v) is 3.98. The van der Waals surface area contributed by atoms with Gasteiger partial charge in [-0.2, -0.15) is 13.2 Å². The van der Waals surface area contributed by atoms with Crippen molar-refractivity contribution >= 4 is 29.0 Å². The van der Waals surface area contributed by atoms with Crippen LogP contribution in [0.4, 0.5) is 35.0 Å². The van der Waals surface area contributed by atoms with E-state index in [0.717, 1.165) is 12.1 Å². The number of carbonyl (C=O) groups excluding carboxylic acids is 2. The molecule has 0 saturated carbocycles. The van der Waals surface area contributed by atoms with Gasteiger partial charge in [0.25, 0.3) is 0 Å². The van der Waals surface area contributed by atoms with Crippen LogP contribution < -0.4 is 20.9 Å². The third kappa shape index (κ3) is 4.69. The average molecular weight is 378 g/mol. The lowest BCUT2D eigenvalue weighted by Gasteiger charge is -2.30. The first-order valence-corrected chi connectivity index (χ1v) is 8.19. The summed E-state index contributed by atoms with van der Waals surface area (Å²) in [5.41, 5.74) is 0.292. The second-order valence-electron chi connectivity index (χ2n) is 5.95. The van der Waals surface area contributed by atoms with E-state index in [1.165, 1.54) is 12.1 Å². The van der Waals surface area contributed by atoms with Gasteiger partial charge < -0.3 is 20.9 Å². The number of halogens is 3. The molecule has 0 aromatic heterocycles. The lowest BCUT2D eigenvalue weighted by Crippen LogP contribution is -2.48. The van der Waals surface area contributed by atoms with Crippen LogP contribution in [0.2, 0.25) is 0 Å². The summed E-state index contributed by atoms with van der Waals surface area (Å²) in [6.07, 6.45) is -4.49. The van der Waals surface area contributed by atoms with Crippen LogP contribution in [0.1, 0.15) is 5.56 Å². The minimum Gasteiger partial charge on any atom is -0.359 e. The van der Waals surface area contributed by atoms with Crippen molar-refractivity contribution in [3.8, 4) is 0 Å². The Labute approximate surface area is 153 Å². The Morgan fingerprint density at radius 2 is 1.85 bits per heavy atom. The first-order chi connectivity index (χ1) is 12.8. The van der Waals surface area contributed by atoms with E-state index in [1.54, 1.807) is 24.3 Å². The van der Waals surface area contributed by atoms with Crippen molar-refractivity contribution in [2.24, 2.45) is 0 Å². The van der Waals surface area contributed by atoms with Gasteiger partial charge in [-0.05, 0) is 30.3 Å². The molecule has 0 atom stereocenters. The number of para-hydroxylation sites is 2. The van der Waals surface area contributed by atoms with E-state index >= 15 is 0 Å². The minimum atomic E-state index is -4.49. The molecule has 1 aliphatic rings. The Bertz CT molecular complexity index is 854. The first kappa shape index (κ1) is 18.6. The van der Waals surface area contributed by atoms with Crippen LogP contribution in [0.3, 0.4) is 0 Å². The van der Waals surface area contributed by atoms with Crippen LogP contribution >= 0.6 is 0 Å². The topological polar surface area (TPSA) is 73.5 Å². The molecule has 2 aromatic carbocycles. The number of piperazine rings is 1. The molecule has 0 spiro atoms. The van der Waals surface area contributed by atoms with Crippen molar-refractivity contribution in [2.45, 2.75) is 6.18 Å². The predicted octanol–water partition coefficient (Wildman–Crippen LogP) is 3.29. The second kappa shape index (κ2) is 7.56. The van der Waals surface area contributed by atoms with Crippen LogP contribution in [0.5, 0.6) is 0 Å². The number of amides is 3. The molecule has 6 nitrogen and oxygen atoms in total. The monoisotopic (exact) mass is 378 g/mol. The number of carbonyl (C=O) groups is 2. The summed E-state index contributed by atoms with van der Waals surface area (Å²) in [6.45, 7) is 1.23. The zero-order chi connectivity index (χ0) is 19.4. The van der Waals surface area contributed by atoms with Gasteiger partial charge in [0.1, 0.15) is 0 Å². The van der Waals surface area contributed by atoms with Gasteiger partial charge in [-0.15, -0.1) is 0 Å². The molecule has 1 fully saturated rings.